The van der Waals surface area contributed by atoms with E-state index in [1.165, 1.54) is 20.0 Å². The van der Waals surface area contributed by atoms with E-state index in [0.717, 1.165) is 81.9 Å². The molecular weight excluding hydrogens is 590 g/mol. The molecule has 0 bridgehead atoms. The monoisotopic (exact) mass is 633 g/mol. The number of benzene rings is 3. The molecule has 0 spiro atoms. The van der Waals surface area contributed by atoms with E-state index in [1.807, 2.05) is 12.4 Å². The van der Waals surface area contributed by atoms with Gasteiger partial charge in [-0.3, -0.25) is 4.79 Å². The number of amides is 2. The van der Waals surface area contributed by atoms with Gasteiger partial charge in [0.2, 0.25) is 5.91 Å². The number of likely N-dealkylation sites (tertiary alicyclic amines) is 1. The number of rotatable bonds is 7. The summed E-state index contributed by atoms with van der Waals surface area (Å²) >= 11 is 0. The van der Waals surface area contributed by atoms with Crippen LogP contribution in [-0.2, 0) is 9.53 Å². The summed E-state index contributed by atoms with van der Waals surface area (Å²) < 4.78 is 4.58. The normalized spacial score (nSPS) is 17.4. The molecule has 2 aliphatic heterocycles. The van der Waals surface area contributed by atoms with Crippen molar-refractivity contribution in [1.82, 2.24) is 35.5 Å². The predicted molar refractivity (Wildman–Crippen MR) is 185 cm³/mol. The standard InChI is InChI=1S/C34H35N7O3.C3H8/c1-44-34(43)38-20-31(42)41-15-3-5-30(41)33-37-19-29(40-33)26-13-12-24-16-23(10-11-25(24)17-26)21-6-8-22(9-7-21)28-18-36-32(39-28)27-4-2-14-35-27;1-3-2/h6-13,16-19,27,30,35H,2-5,14-15,20H2,1H3,(H,36,39)(H,37,40)(H,38,43);3H2,1-2H3. The summed E-state index contributed by atoms with van der Waals surface area (Å²) in [5.41, 5.74) is 6.41. The lowest BCUT2D eigenvalue weighted by Gasteiger charge is -2.23. The van der Waals surface area contributed by atoms with E-state index in [-0.39, 0.29) is 18.5 Å². The zero-order valence-corrected chi connectivity index (χ0v) is 27.3. The molecule has 7 rings (SSSR count). The maximum absolute atomic E-state index is 12.7. The maximum Gasteiger partial charge on any atom is 0.407 e. The van der Waals surface area contributed by atoms with Gasteiger partial charge in [-0.05, 0) is 71.8 Å². The smallest absolute Gasteiger partial charge is 0.407 e. The average Bonchev–Trinajstić information content (AvgIpc) is 3.93. The van der Waals surface area contributed by atoms with Crippen LogP contribution < -0.4 is 10.6 Å². The van der Waals surface area contributed by atoms with Crippen LogP contribution in [0.3, 0.4) is 0 Å². The number of hydrogen-bond donors (Lipinski definition) is 4. The van der Waals surface area contributed by atoms with Crippen LogP contribution in [0.25, 0.3) is 44.4 Å². The molecule has 2 saturated heterocycles. The van der Waals surface area contributed by atoms with E-state index in [9.17, 15) is 9.59 Å². The van der Waals surface area contributed by atoms with Crippen LogP contribution in [0.15, 0.2) is 73.1 Å². The lowest BCUT2D eigenvalue weighted by atomic mass is 9.98. The Balaban J connectivity index is 0.00000124. The zero-order valence-electron chi connectivity index (χ0n) is 27.3. The van der Waals surface area contributed by atoms with E-state index >= 15 is 0 Å². The minimum absolute atomic E-state index is 0.100. The van der Waals surface area contributed by atoms with E-state index < -0.39 is 6.09 Å². The highest BCUT2D eigenvalue weighted by Crippen LogP contribution is 2.33. The van der Waals surface area contributed by atoms with Gasteiger partial charge in [-0.2, -0.15) is 0 Å². The number of carbonyl (C=O) groups is 2. The molecule has 0 saturated carbocycles. The number of nitrogens with zero attached hydrogens (tertiary/aromatic N) is 3. The molecule has 4 heterocycles. The second-order valence-corrected chi connectivity index (χ2v) is 12.2. The number of ether oxygens (including phenoxy) is 1. The number of alkyl carbamates (subject to hydrolysis) is 1. The Labute approximate surface area is 275 Å². The van der Waals surface area contributed by atoms with E-state index in [2.05, 4.69) is 110 Å². The highest BCUT2D eigenvalue weighted by atomic mass is 16.5. The first kappa shape index (κ1) is 32.0. The van der Waals surface area contributed by atoms with Gasteiger partial charge in [0.15, 0.2) is 0 Å². The summed E-state index contributed by atoms with van der Waals surface area (Å²) in [6.45, 7) is 5.83. The Kier molecular flexibility index (Phi) is 9.97. The van der Waals surface area contributed by atoms with Crippen molar-refractivity contribution in [2.24, 2.45) is 0 Å². The van der Waals surface area contributed by atoms with Gasteiger partial charge < -0.3 is 30.2 Å². The van der Waals surface area contributed by atoms with Crippen molar-refractivity contribution in [1.29, 1.82) is 0 Å². The first-order valence-corrected chi connectivity index (χ1v) is 16.6. The number of methoxy groups -OCH3 is 1. The van der Waals surface area contributed by atoms with Crippen LogP contribution in [-0.4, -0.2) is 63.6 Å². The van der Waals surface area contributed by atoms with Gasteiger partial charge in [0.1, 0.15) is 18.2 Å². The van der Waals surface area contributed by atoms with Gasteiger partial charge >= 0.3 is 6.09 Å². The number of aromatic amines is 2. The number of aromatic nitrogens is 4. The van der Waals surface area contributed by atoms with E-state index in [0.29, 0.717) is 12.6 Å². The van der Waals surface area contributed by atoms with Crippen LogP contribution in [0.4, 0.5) is 4.79 Å². The fraction of sp³-hybridized carbons (Fsp3) is 0.351. The van der Waals surface area contributed by atoms with Gasteiger partial charge in [0.25, 0.3) is 0 Å². The molecule has 4 N–H and O–H groups in total. The quantitative estimate of drug-likeness (QED) is 0.151. The van der Waals surface area contributed by atoms with Crippen LogP contribution in [0, 0.1) is 0 Å². The molecule has 0 radical (unpaired) electrons. The third-order valence-electron chi connectivity index (χ3n) is 8.72. The van der Waals surface area contributed by atoms with Gasteiger partial charge in [-0.1, -0.05) is 68.8 Å². The Morgan fingerprint density at radius 2 is 1.45 bits per heavy atom. The van der Waals surface area contributed by atoms with E-state index in [1.54, 1.807) is 4.90 Å². The molecule has 47 heavy (non-hydrogen) atoms. The van der Waals surface area contributed by atoms with Gasteiger partial charge in [0.05, 0.1) is 43.0 Å². The number of fused-ring (bicyclic) bond motifs is 1. The third-order valence-corrected chi connectivity index (χ3v) is 8.72. The second-order valence-electron chi connectivity index (χ2n) is 12.2. The summed E-state index contributed by atoms with van der Waals surface area (Å²) in [5, 5.41) is 8.26. The van der Waals surface area contributed by atoms with Crippen LogP contribution >= 0.6 is 0 Å². The second kappa shape index (κ2) is 14.6. The molecule has 3 aromatic carbocycles. The predicted octanol–water partition coefficient (Wildman–Crippen LogP) is 7.15. The maximum atomic E-state index is 12.7. The first-order valence-electron chi connectivity index (χ1n) is 16.6. The van der Waals surface area contributed by atoms with Crippen molar-refractivity contribution >= 4 is 22.8 Å². The Morgan fingerprint density at radius 3 is 2.15 bits per heavy atom. The Bertz CT molecular complexity index is 1820. The molecule has 5 aromatic rings. The Hall–Kier alpha value is -4.96. The molecule has 2 aliphatic rings. The number of imidazole rings is 2. The first-order chi connectivity index (χ1) is 23.0. The van der Waals surface area contributed by atoms with Crippen molar-refractivity contribution < 1.29 is 14.3 Å². The molecule has 0 aliphatic carbocycles. The van der Waals surface area contributed by atoms with Crippen molar-refractivity contribution in [3.8, 4) is 33.6 Å². The fourth-order valence-corrected chi connectivity index (χ4v) is 6.34. The summed E-state index contributed by atoms with van der Waals surface area (Å²) in [7, 11) is 1.28. The van der Waals surface area contributed by atoms with Crippen LogP contribution in [0.5, 0.6) is 0 Å². The molecular formula is C37H43N7O3. The number of H-pyrrole nitrogens is 2. The van der Waals surface area contributed by atoms with Crippen LogP contribution in [0.2, 0.25) is 0 Å². The number of nitrogens with one attached hydrogen (secondary N) is 4. The largest absolute Gasteiger partial charge is 0.453 e. The molecule has 2 atom stereocenters. The van der Waals surface area contributed by atoms with Crippen molar-refractivity contribution in [2.75, 3.05) is 26.7 Å². The molecule has 10 nitrogen and oxygen atoms in total. The van der Waals surface area contributed by atoms with E-state index in [4.69, 9.17) is 0 Å². The molecule has 244 valence electrons. The molecule has 2 amide bonds. The topological polar surface area (TPSA) is 128 Å². The number of carbonyl (C=O) groups excluding carboxylic acids is 2. The van der Waals surface area contributed by atoms with Gasteiger partial charge in [-0.15, -0.1) is 0 Å². The molecule has 2 aromatic heterocycles. The lowest BCUT2D eigenvalue weighted by Crippen LogP contribution is -2.40. The highest BCUT2D eigenvalue weighted by Gasteiger charge is 2.32. The highest BCUT2D eigenvalue weighted by molar-refractivity contribution is 5.90. The SMILES string of the molecule is CCC.COC(=O)NCC(=O)N1CCCC1c1ncc(-c2ccc3cc(-c4ccc(-c5cnc(C6CCCN6)[nH]5)cc4)ccc3c2)[nH]1. The minimum Gasteiger partial charge on any atom is -0.453 e. The summed E-state index contributed by atoms with van der Waals surface area (Å²) in [5.74, 6) is 1.62. The van der Waals surface area contributed by atoms with Crippen molar-refractivity contribution in [3.05, 3.63) is 84.7 Å². The lowest BCUT2D eigenvalue weighted by molar-refractivity contribution is -0.131. The third kappa shape index (κ3) is 7.23. The summed E-state index contributed by atoms with van der Waals surface area (Å²) in [4.78, 5) is 42.1. The summed E-state index contributed by atoms with van der Waals surface area (Å²) in [6.07, 6.45) is 8.40. The molecule has 2 fully saturated rings. The van der Waals surface area contributed by atoms with Crippen molar-refractivity contribution in [3.63, 3.8) is 0 Å². The minimum atomic E-state index is -0.619. The van der Waals surface area contributed by atoms with Crippen LogP contribution in [0.1, 0.15) is 69.7 Å². The zero-order chi connectivity index (χ0) is 32.8. The molecule has 2 unspecified atom stereocenters. The average molecular weight is 634 g/mol. The van der Waals surface area contributed by atoms with Crippen molar-refractivity contribution in [2.45, 2.75) is 58.0 Å². The van der Waals surface area contributed by atoms with Gasteiger partial charge in [-0.25, -0.2) is 14.8 Å². The summed E-state index contributed by atoms with van der Waals surface area (Å²) in [6, 6.07) is 21.7. The number of hydrogen-bond acceptors (Lipinski definition) is 6. The fourth-order valence-electron chi connectivity index (χ4n) is 6.34. The Morgan fingerprint density at radius 1 is 0.830 bits per heavy atom. The van der Waals surface area contributed by atoms with Gasteiger partial charge in [0, 0.05) is 12.1 Å². The molecule has 10 heteroatoms.